The number of esters is 1. The standard InChI is InChI=1S/C21H23NO6S/c1-14-10-17-12-16(6-9-19(17)22(14)29(3,25)26)20(23)13-28-21(24)11-15-4-7-18(27-2)8-5-15/h4-9,12,14H,10-11,13H2,1-3H3/t14-/m0/s1. The lowest BCUT2D eigenvalue weighted by molar-refractivity contribution is -0.141. The number of methoxy groups -OCH3 is 1. The first-order chi connectivity index (χ1) is 13.7. The van der Waals surface area contributed by atoms with Gasteiger partial charge in [-0.05, 0) is 54.8 Å². The molecule has 0 spiro atoms. The van der Waals surface area contributed by atoms with Crippen LogP contribution in [0, 0.1) is 0 Å². The van der Waals surface area contributed by atoms with E-state index in [0.717, 1.165) is 11.1 Å². The lowest BCUT2D eigenvalue weighted by Gasteiger charge is -2.21. The number of fused-ring (bicyclic) bond motifs is 1. The molecule has 3 rings (SSSR count). The Kier molecular flexibility index (Phi) is 5.93. The van der Waals surface area contributed by atoms with E-state index in [0.29, 0.717) is 23.4 Å². The number of Topliss-reactive ketones (excluding diaryl/α,β-unsaturated/α-hetero) is 1. The van der Waals surface area contributed by atoms with E-state index in [9.17, 15) is 18.0 Å². The van der Waals surface area contributed by atoms with Crippen LogP contribution < -0.4 is 9.04 Å². The molecule has 8 heteroatoms. The van der Waals surface area contributed by atoms with Gasteiger partial charge < -0.3 is 9.47 Å². The summed E-state index contributed by atoms with van der Waals surface area (Å²) in [6.45, 7) is 1.46. The maximum absolute atomic E-state index is 12.4. The van der Waals surface area contributed by atoms with Crippen molar-refractivity contribution in [2.24, 2.45) is 0 Å². The second-order valence-electron chi connectivity index (χ2n) is 7.06. The lowest BCUT2D eigenvalue weighted by atomic mass is 10.0. The van der Waals surface area contributed by atoms with Crippen LogP contribution in [0.2, 0.25) is 0 Å². The maximum Gasteiger partial charge on any atom is 0.310 e. The van der Waals surface area contributed by atoms with Gasteiger partial charge in [0.25, 0.3) is 0 Å². The SMILES string of the molecule is COc1ccc(CC(=O)OCC(=O)c2ccc3c(c2)C[C@H](C)N3S(C)(=O)=O)cc1. The number of sulfonamides is 1. The van der Waals surface area contributed by atoms with Crippen LogP contribution in [0.25, 0.3) is 0 Å². The summed E-state index contributed by atoms with van der Waals surface area (Å²) >= 11 is 0. The van der Waals surface area contributed by atoms with Crippen molar-refractivity contribution in [3.63, 3.8) is 0 Å². The van der Waals surface area contributed by atoms with E-state index in [2.05, 4.69) is 0 Å². The summed E-state index contributed by atoms with van der Waals surface area (Å²) in [6, 6.07) is 11.7. The van der Waals surface area contributed by atoms with Crippen molar-refractivity contribution < 1.29 is 27.5 Å². The zero-order valence-electron chi connectivity index (χ0n) is 16.5. The molecule has 0 saturated heterocycles. The summed E-state index contributed by atoms with van der Waals surface area (Å²) in [5, 5.41) is 0. The molecule has 1 aliphatic heterocycles. The molecule has 0 bridgehead atoms. The van der Waals surface area contributed by atoms with Crippen LogP contribution in [0.5, 0.6) is 5.75 Å². The van der Waals surface area contributed by atoms with Crippen LogP contribution in [0.15, 0.2) is 42.5 Å². The first-order valence-corrected chi connectivity index (χ1v) is 11.0. The fourth-order valence-electron chi connectivity index (χ4n) is 3.47. The molecule has 0 aliphatic carbocycles. The van der Waals surface area contributed by atoms with Crippen molar-refractivity contribution in [2.45, 2.75) is 25.8 Å². The summed E-state index contributed by atoms with van der Waals surface area (Å²) in [6.07, 6.45) is 1.75. The van der Waals surface area contributed by atoms with Gasteiger partial charge in [0.15, 0.2) is 12.4 Å². The highest BCUT2D eigenvalue weighted by Gasteiger charge is 2.32. The number of benzene rings is 2. The number of ketones is 1. The molecule has 2 aromatic rings. The molecule has 0 radical (unpaired) electrons. The second-order valence-corrected chi connectivity index (χ2v) is 8.92. The van der Waals surface area contributed by atoms with Crippen molar-refractivity contribution in [2.75, 3.05) is 24.3 Å². The number of rotatable bonds is 7. The first kappa shape index (κ1) is 20.9. The molecule has 1 atom stereocenters. The fraction of sp³-hybridized carbons (Fsp3) is 0.333. The maximum atomic E-state index is 12.4. The molecule has 0 N–H and O–H groups in total. The van der Waals surface area contributed by atoms with Crippen molar-refractivity contribution >= 4 is 27.5 Å². The zero-order valence-corrected chi connectivity index (χ0v) is 17.4. The molecule has 154 valence electrons. The van der Waals surface area contributed by atoms with Gasteiger partial charge in [-0.2, -0.15) is 0 Å². The number of anilines is 1. The Bertz CT molecular complexity index is 1030. The fourth-order valence-corrected chi connectivity index (χ4v) is 4.74. The Hall–Kier alpha value is -2.87. The lowest BCUT2D eigenvalue weighted by Crippen LogP contribution is -2.34. The van der Waals surface area contributed by atoms with E-state index >= 15 is 0 Å². The molecule has 7 nitrogen and oxygen atoms in total. The third-order valence-electron chi connectivity index (χ3n) is 4.78. The average Bonchev–Trinajstić information content (AvgIpc) is 3.01. The van der Waals surface area contributed by atoms with Crippen molar-refractivity contribution in [1.82, 2.24) is 0 Å². The summed E-state index contributed by atoms with van der Waals surface area (Å²) in [5.41, 5.74) is 2.53. The van der Waals surface area contributed by atoms with Gasteiger partial charge in [-0.15, -0.1) is 0 Å². The number of hydrogen-bond acceptors (Lipinski definition) is 6. The number of hydrogen-bond donors (Lipinski definition) is 0. The topological polar surface area (TPSA) is 90.0 Å². The summed E-state index contributed by atoms with van der Waals surface area (Å²) in [5.74, 6) is -0.138. The minimum absolute atomic E-state index is 0.0578. The molecule has 0 aromatic heterocycles. The van der Waals surface area contributed by atoms with Crippen LogP contribution >= 0.6 is 0 Å². The van der Waals surface area contributed by atoms with E-state index in [1.807, 2.05) is 6.92 Å². The smallest absolute Gasteiger partial charge is 0.310 e. The Morgan fingerprint density at radius 3 is 2.45 bits per heavy atom. The Morgan fingerprint density at radius 2 is 1.83 bits per heavy atom. The van der Waals surface area contributed by atoms with Gasteiger partial charge in [0, 0.05) is 11.6 Å². The quantitative estimate of drug-likeness (QED) is 0.508. The molecular weight excluding hydrogens is 394 g/mol. The van der Waals surface area contributed by atoms with Gasteiger partial charge in [0.2, 0.25) is 10.0 Å². The Morgan fingerprint density at radius 1 is 1.14 bits per heavy atom. The average molecular weight is 417 g/mol. The molecular formula is C21H23NO6S. The molecule has 0 unspecified atom stereocenters. The van der Waals surface area contributed by atoms with Crippen LogP contribution in [0.4, 0.5) is 5.69 Å². The minimum atomic E-state index is -3.38. The van der Waals surface area contributed by atoms with Gasteiger partial charge in [-0.1, -0.05) is 12.1 Å². The van der Waals surface area contributed by atoms with Crippen molar-refractivity contribution in [3.05, 3.63) is 59.2 Å². The van der Waals surface area contributed by atoms with E-state index in [-0.39, 0.29) is 24.9 Å². The Balaban J connectivity index is 1.61. The molecule has 1 aliphatic rings. The molecule has 29 heavy (non-hydrogen) atoms. The summed E-state index contributed by atoms with van der Waals surface area (Å²) in [7, 11) is -1.82. The Labute approximate surface area is 170 Å². The molecule has 0 fully saturated rings. The van der Waals surface area contributed by atoms with Crippen LogP contribution in [0.1, 0.15) is 28.4 Å². The van der Waals surface area contributed by atoms with Crippen molar-refractivity contribution in [3.8, 4) is 5.75 Å². The number of carbonyl (C=O) groups excluding carboxylic acids is 2. The van der Waals surface area contributed by atoms with E-state index < -0.39 is 16.0 Å². The summed E-state index contributed by atoms with van der Waals surface area (Å²) in [4.78, 5) is 24.4. The normalized spacial score (nSPS) is 15.7. The first-order valence-electron chi connectivity index (χ1n) is 9.13. The highest BCUT2D eigenvalue weighted by atomic mass is 32.2. The van der Waals surface area contributed by atoms with Gasteiger partial charge in [0.05, 0.1) is 25.5 Å². The summed E-state index contributed by atoms with van der Waals surface area (Å²) < 4.78 is 35.5. The van der Waals surface area contributed by atoms with Crippen LogP contribution in [-0.2, 0) is 32.4 Å². The van der Waals surface area contributed by atoms with Gasteiger partial charge in [-0.25, -0.2) is 8.42 Å². The largest absolute Gasteiger partial charge is 0.497 e. The number of carbonyl (C=O) groups is 2. The van der Waals surface area contributed by atoms with E-state index in [1.54, 1.807) is 49.6 Å². The predicted molar refractivity (Wildman–Crippen MR) is 109 cm³/mol. The zero-order chi connectivity index (χ0) is 21.2. The highest BCUT2D eigenvalue weighted by molar-refractivity contribution is 7.92. The third kappa shape index (κ3) is 4.76. The van der Waals surface area contributed by atoms with E-state index in [1.165, 1.54) is 10.6 Å². The van der Waals surface area contributed by atoms with E-state index in [4.69, 9.17) is 9.47 Å². The number of ether oxygens (including phenoxy) is 2. The monoisotopic (exact) mass is 417 g/mol. The molecule has 1 heterocycles. The van der Waals surface area contributed by atoms with Gasteiger partial charge >= 0.3 is 5.97 Å². The molecule has 0 amide bonds. The van der Waals surface area contributed by atoms with Crippen molar-refractivity contribution in [1.29, 1.82) is 0 Å². The molecule has 0 saturated carbocycles. The third-order valence-corrected chi connectivity index (χ3v) is 6.05. The van der Waals surface area contributed by atoms with Gasteiger partial charge in [-0.3, -0.25) is 13.9 Å². The molecule has 2 aromatic carbocycles. The highest BCUT2D eigenvalue weighted by Crippen LogP contribution is 2.34. The number of nitrogens with zero attached hydrogens (tertiary/aromatic N) is 1. The second kappa shape index (κ2) is 8.24. The minimum Gasteiger partial charge on any atom is -0.497 e. The van der Waals surface area contributed by atoms with Crippen LogP contribution in [0.3, 0.4) is 0 Å². The van der Waals surface area contributed by atoms with Crippen LogP contribution in [-0.4, -0.2) is 46.2 Å². The van der Waals surface area contributed by atoms with Gasteiger partial charge in [0.1, 0.15) is 5.75 Å². The predicted octanol–water partition coefficient (Wildman–Crippen LogP) is 2.37.